The third-order valence-corrected chi connectivity index (χ3v) is 3.01. The molecule has 16 heavy (non-hydrogen) atoms. The quantitative estimate of drug-likeness (QED) is 0.831. The molecule has 0 aliphatic rings. The Bertz CT molecular complexity index is 336. The largest absolute Gasteiger partial charge is 0.338 e. The molecule has 1 rings (SSSR count). The minimum atomic E-state index is -0.105. The van der Waals surface area contributed by atoms with E-state index in [1.165, 1.54) is 0 Å². The normalized spacial score (nSPS) is 10.5. The molecule has 0 aromatic carbocycles. The van der Waals surface area contributed by atoms with Gasteiger partial charge in [-0.2, -0.15) is 0 Å². The number of carbonyl (C=O) groups is 1. The van der Waals surface area contributed by atoms with Crippen LogP contribution in [0.1, 0.15) is 30.2 Å². The molecule has 90 valence electrons. The van der Waals surface area contributed by atoms with Crippen molar-refractivity contribution in [2.45, 2.75) is 33.7 Å². The molecule has 0 spiro atoms. The number of nitrogens with one attached hydrogen (secondary N) is 2. The van der Waals surface area contributed by atoms with Crippen LogP contribution in [-0.2, 0) is 6.54 Å². The highest BCUT2D eigenvalue weighted by atomic mass is 32.1. The highest BCUT2D eigenvalue weighted by Crippen LogP contribution is 2.10. The number of rotatable bonds is 5. The molecule has 1 heterocycles. The van der Waals surface area contributed by atoms with Gasteiger partial charge in [0.25, 0.3) is 0 Å². The van der Waals surface area contributed by atoms with E-state index in [2.05, 4.69) is 29.5 Å². The minimum Gasteiger partial charge on any atom is -0.338 e. The van der Waals surface area contributed by atoms with Crippen LogP contribution in [-0.4, -0.2) is 17.6 Å². The lowest BCUT2D eigenvalue weighted by Crippen LogP contribution is -2.35. The van der Waals surface area contributed by atoms with E-state index in [1.807, 2.05) is 6.92 Å². The Morgan fingerprint density at radius 1 is 1.50 bits per heavy atom. The maximum Gasteiger partial charge on any atom is 0.315 e. The van der Waals surface area contributed by atoms with Gasteiger partial charge in [0.1, 0.15) is 0 Å². The van der Waals surface area contributed by atoms with Gasteiger partial charge < -0.3 is 10.6 Å². The van der Waals surface area contributed by atoms with Crippen LogP contribution >= 0.6 is 11.3 Å². The number of amides is 2. The molecule has 0 bridgehead atoms. The molecule has 2 amide bonds. The van der Waals surface area contributed by atoms with Crippen molar-refractivity contribution in [3.8, 4) is 0 Å². The summed E-state index contributed by atoms with van der Waals surface area (Å²) in [6.45, 7) is 7.51. The van der Waals surface area contributed by atoms with E-state index in [-0.39, 0.29) is 6.03 Å². The first-order chi connectivity index (χ1) is 7.58. The first-order valence-electron chi connectivity index (χ1n) is 5.51. The van der Waals surface area contributed by atoms with Gasteiger partial charge in [0, 0.05) is 17.6 Å². The summed E-state index contributed by atoms with van der Waals surface area (Å²) in [5.41, 5.74) is 0. The second kappa shape index (κ2) is 6.48. The molecule has 1 aromatic rings. The topological polar surface area (TPSA) is 54.0 Å². The van der Waals surface area contributed by atoms with E-state index in [4.69, 9.17) is 0 Å². The third-order valence-electron chi connectivity index (χ3n) is 2.10. The van der Waals surface area contributed by atoms with E-state index in [1.54, 1.807) is 17.5 Å². The van der Waals surface area contributed by atoms with Crippen LogP contribution in [0, 0.1) is 12.8 Å². The fourth-order valence-corrected chi connectivity index (χ4v) is 1.93. The minimum absolute atomic E-state index is 0.105. The second-order valence-electron chi connectivity index (χ2n) is 4.14. The average molecular weight is 241 g/mol. The van der Waals surface area contributed by atoms with Crippen molar-refractivity contribution in [2.24, 2.45) is 5.92 Å². The molecule has 2 N–H and O–H groups in total. The maximum atomic E-state index is 11.4. The number of aromatic nitrogens is 1. The van der Waals surface area contributed by atoms with Crippen molar-refractivity contribution < 1.29 is 4.79 Å². The van der Waals surface area contributed by atoms with Crippen molar-refractivity contribution in [3.05, 3.63) is 16.1 Å². The first kappa shape index (κ1) is 13.0. The number of carbonyl (C=O) groups excluding carboxylic acids is 1. The monoisotopic (exact) mass is 241 g/mol. The lowest BCUT2D eigenvalue weighted by molar-refractivity contribution is 0.240. The van der Waals surface area contributed by atoms with Gasteiger partial charge in [0.05, 0.1) is 11.6 Å². The molecule has 0 aliphatic carbocycles. The van der Waals surface area contributed by atoms with Crippen LogP contribution in [0.15, 0.2) is 6.20 Å². The summed E-state index contributed by atoms with van der Waals surface area (Å²) >= 11 is 1.60. The Balaban J connectivity index is 2.15. The number of urea groups is 1. The maximum absolute atomic E-state index is 11.4. The van der Waals surface area contributed by atoms with Crippen LogP contribution in [0.4, 0.5) is 4.79 Å². The van der Waals surface area contributed by atoms with Crippen molar-refractivity contribution >= 4 is 17.4 Å². The van der Waals surface area contributed by atoms with Gasteiger partial charge in [-0.1, -0.05) is 13.8 Å². The summed E-state index contributed by atoms with van der Waals surface area (Å²) in [6.07, 6.45) is 2.81. The van der Waals surface area contributed by atoms with Crippen molar-refractivity contribution in [3.63, 3.8) is 0 Å². The van der Waals surface area contributed by atoms with Gasteiger partial charge in [-0.05, 0) is 19.3 Å². The summed E-state index contributed by atoms with van der Waals surface area (Å²) in [5, 5.41) is 6.66. The highest BCUT2D eigenvalue weighted by Gasteiger charge is 2.02. The zero-order valence-corrected chi connectivity index (χ0v) is 10.9. The Labute approximate surface area is 100 Å². The molecular weight excluding hydrogens is 222 g/mol. The third kappa shape index (κ3) is 5.11. The smallest absolute Gasteiger partial charge is 0.315 e. The second-order valence-corrected chi connectivity index (χ2v) is 5.46. The first-order valence-corrected chi connectivity index (χ1v) is 6.32. The van der Waals surface area contributed by atoms with E-state index in [0.717, 1.165) is 22.9 Å². The summed E-state index contributed by atoms with van der Waals surface area (Å²) in [7, 11) is 0. The SMILES string of the molecule is Cc1ncc(CNC(=O)NCCC(C)C)s1. The Morgan fingerprint density at radius 2 is 2.25 bits per heavy atom. The molecule has 0 saturated heterocycles. The molecule has 0 aliphatic heterocycles. The fourth-order valence-electron chi connectivity index (χ4n) is 1.19. The van der Waals surface area contributed by atoms with Crippen LogP contribution < -0.4 is 10.6 Å². The lowest BCUT2D eigenvalue weighted by Gasteiger charge is -2.07. The molecule has 0 atom stereocenters. The molecule has 1 aromatic heterocycles. The molecule has 0 fully saturated rings. The van der Waals surface area contributed by atoms with E-state index in [9.17, 15) is 4.79 Å². The average Bonchev–Trinajstić information content (AvgIpc) is 2.61. The summed E-state index contributed by atoms with van der Waals surface area (Å²) < 4.78 is 0. The molecule has 0 saturated carbocycles. The summed E-state index contributed by atoms with van der Waals surface area (Å²) in [4.78, 5) is 16.6. The van der Waals surface area contributed by atoms with Crippen molar-refractivity contribution in [1.29, 1.82) is 0 Å². The Hall–Kier alpha value is -1.10. The van der Waals surface area contributed by atoms with Gasteiger partial charge in [-0.25, -0.2) is 9.78 Å². The lowest BCUT2D eigenvalue weighted by atomic mass is 10.1. The standard InChI is InChI=1S/C11H19N3OS/c1-8(2)4-5-12-11(15)14-7-10-6-13-9(3)16-10/h6,8H,4-5,7H2,1-3H3,(H2,12,14,15). The van der Waals surface area contributed by atoms with E-state index in [0.29, 0.717) is 12.5 Å². The van der Waals surface area contributed by atoms with Gasteiger partial charge in [-0.15, -0.1) is 11.3 Å². The van der Waals surface area contributed by atoms with Crippen LogP contribution in [0.2, 0.25) is 0 Å². The number of thiazole rings is 1. The van der Waals surface area contributed by atoms with Gasteiger partial charge in [0.2, 0.25) is 0 Å². The number of hydrogen-bond donors (Lipinski definition) is 2. The zero-order valence-electron chi connectivity index (χ0n) is 10.0. The molecule has 5 heteroatoms. The fraction of sp³-hybridized carbons (Fsp3) is 0.636. The predicted molar refractivity (Wildman–Crippen MR) is 66.5 cm³/mol. The zero-order chi connectivity index (χ0) is 12.0. The number of aryl methyl sites for hydroxylation is 1. The predicted octanol–water partition coefficient (Wildman–Crippen LogP) is 2.30. The Kier molecular flexibility index (Phi) is 5.25. The molecule has 0 unspecified atom stereocenters. The van der Waals surface area contributed by atoms with Crippen LogP contribution in [0.3, 0.4) is 0 Å². The van der Waals surface area contributed by atoms with Crippen molar-refractivity contribution in [1.82, 2.24) is 15.6 Å². The van der Waals surface area contributed by atoms with Gasteiger partial charge >= 0.3 is 6.03 Å². The Morgan fingerprint density at radius 3 is 2.81 bits per heavy atom. The van der Waals surface area contributed by atoms with E-state index >= 15 is 0 Å². The van der Waals surface area contributed by atoms with E-state index < -0.39 is 0 Å². The van der Waals surface area contributed by atoms with Crippen molar-refractivity contribution in [2.75, 3.05) is 6.54 Å². The van der Waals surface area contributed by atoms with Gasteiger partial charge in [0.15, 0.2) is 0 Å². The summed E-state index contributed by atoms with van der Waals surface area (Å²) in [6, 6.07) is -0.105. The molecule has 0 radical (unpaired) electrons. The highest BCUT2D eigenvalue weighted by molar-refractivity contribution is 7.11. The van der Waals surface area contributed by atoms with Gasteiger partial charge in [-0.3, -0.25) is 0 Å². The molecular formula is C11H19N3OS. The summed E-state index contributed by atoms with van der Waals surface area (Å²) in [5.74, 6) is 0.615. The van der Waals surface area contributed by atoms with Crippen LogP contribution in [0.5, 0.6) is 0 Å². The van der Waals surface area contributed by atoms with Crippen LogP contribution in [0.25, 0.3) is 0 Å². The number of hydrogen-bond acceptors (Lipinski definition) is 3. The number of nitrogens with zero attached hydrogens (tertiary/aromatic N) is 1. The molecule has 4 nitrogen and oxygen atoms in total.